The molecule has 0 saturated carbocycles. The molecule has 7 nitrogen and oxygen atoms in total. The van der Waals surface area contributed by atoms with Crippen molar-refractivity contribution < 1.29 is 24.3 Å². The molecule has 7 heteroatoms. The van der Waals surface area contributed by atoms with Crippen LogP contribution in [-0.4, -0.2) is 36.8 Å². The fourth-order valence-electron chi connectivity index (χ4n) is 3.43. The summed E-state index contributed by atoms with van der Waals surface area (Å²) in [6, 6.07) is 5.90. The number of hydrogen-bond donors (Lipinski definition) is 2. The molecule has 2 amide bonds. The summed E-state index contributed by atoms with van der Waals surface area (Å²) in [5.41, 5.74) is 4.35. The summed E-state index contributed by atoms with van der Waals surface area (Å²) in [5, 5.41) is 8.46. The number of benzene rings is 1. The van der Waals surface area contributed by atoms with Crippen LogP contribution in [0.4, 0.5) is 5.69 Å². The number of nitrogens with one attached hydrogen (secondary N) is 1. The van der Waals surface area contributed by atoms with E-state index in [0.717, 1.165) is 36.1 Å². The number of aryl methyl sites for hydroxylation is 1. The van der Waals surface area contributed by atoms with Crippen molar-refractivity contribution in [3.05, 3.63) is 29.3 Å². The van der Waals surface area contributed by atoms with Gasteiger partial charge >= 0.3 is 0 Å². The minimum atomic E-state index is -1.26. The van der Waals surface area contributed by atoms with Gasteiger partial charge in [0.15, 0.2) is 0 Å². The number of carbonyl (C=O) groups excluding carboxylic acids is 2. The molecule has 0 aliphatic carbocycles. The first-order valence-electron chi connectivity index (χ1n) is 8.72. The fraction of sp³-hybridized carbons (Fsp3) is 0.556. The van der Waals surface area contributed by atoms with Gasteiger partial charge in [0.25, 0.3) is 11.7 Å². The maximum atomic E-state index is 12.9. The van der Waals surface area contributed by atoms with Crippen LogP contribution in [0.25, 0.3) is 0 Å². The van der Waals surface area contributed by atoms with Gasteiger partial charge in [-0.2, -0.15) is 0 Å². The number of amides is 2. The summed E-state index contributed by atoms with van der Waals surface area (Å²) in [6.07, 6.45) is 3.63. The highest BCUT2D eigenvalue weighted by molar-refractivity contribution is 6.06. The highest BCUT2D eigenvalue weighted by Gasteiger charge is 2.55. The van der Waals surface area contributed by atoms with Gasteiger partial charge in [-0.3, -0.25) is 14.8 Å². The van der Waals surface area contributed by atoms with Gasteiger partial charge < -0.3 is 14.4 Å². The first kappa shape index (κ1) is 17.8. The summed E-state index contributed by atoms with van der Waals surface area (Å²) in [6.45, 7) is 3.41. The molecule has 136 valence electrons. The Morgan fingerprint density at radius 3 is 2.68 bits per heavy atom. The smallest absolute Gasteiger partial charge is 0.292 e. The van der Waals surface area contributed by atoms with E-state index in [4.69, 9.17) is 14.7 Å². The molecule has 2 aliphatic rings. The molecule has 1 fully saturated rings. The average Bonchev–Trinajstić information content (AvgIpc) is 3.18. The van der Waals surface area contributed by atoms with E-state index in [2.05, 4.69) is 0 Å². The second kappa shape index (κ2) is 7.51. The van der Waals surface area contributed by atoms with Crippen LogP contribution in [0.5, 0.6) is 0 Å². The highest BCUT2D eigenvalue weighted by Crippen LogP contribution is 2.46. The van der Waals surface area contributed by atoms with Gasteiger partial charge in [-0.25, -0.2) is 5.48 Å². The van der Waals surface area contributed by atoms with Gasteiger partial charge in [0.1, 0.15) is 0 Å². The average molecular weight is 348 g/mol. The standard InChI is InChI=1S/C18H24N2O5/c1-13-7-8-15-14(12-13)18(24-10-11-25-18)17(22)20(15)9-5-3-2-4-6-16(21)19-23/h7-8,12,23H,2-6,9-11H2,1H3,(H,19,21). The van der Waals surface area contributed by atoms with Gasteiger partial charge in [0, 0.05) is 18.5 Å². The minimum absolute atomic E-state index is 0.148. The van der Waals surface area contributed by atoms with Gasteiger partial charge in [0.05, 0.1) is 18.9 Å². The lowest BCUT2D eigenvalue weighted by molar-refractivity contribution is -0.180. The van der Waals surface area contributed by atoms with E-state index in [-0.39, 0.29) is 11.8 Å². The molecule has 1 spiro atoms. The van der Waals surface area contributed by atoms with Gasteiger partial charge in [0.2, 0.25) is 5.91 Å². The number of rotatable bonds is 7. The van der Waals surface area contributed by atoms with Crippen molar-refractivity contribution >= 4 is 17.5 Å². The number of hydrogen-bond acceptors (Lipinski definition) is 5. The number of unbranched alkanes of at least 4 members (excludes halogenated alkanes) is 3. The van der Waals surface area contributed by atoms with E-state index in [1.165, 1.54) is 0 Å². The van der Waals surface area contributed by atoms with Crippen LogP contribution in [0.3, 0.4) is 0 Å². The third-order valence-electron chi connectivity index (χ3n) is 4.68. The van der Waals surface area contributed by atoms with Crippen LogP contribution in [0, 0.1) is 6.92 Å². The number of anilines is 1. The Hall–Kier alpha value is -1.96. The Balaban J connectivity index is 1.61. The molecule has 0 unspecified atom stereocenters. The fourth-order valence-corrected chi connectivity index (χ4v) is 3.43. The number of fused-ring (bicyclic) bond motifs is 2. The topological polar surface area (TPSA) is 88.1 Å². The lowest BCUT2D eigenvalue weighted by Gasteiger charge is -2.22. The van der Waals surface area contributed by atoms with Crippen molar-refractivity contribution in [2.24, 2.45) is 0 Å². The SMILES string of the molecule is Cc1ccc2c(c1)C1(OCCO1)C(=O)N2CCCCCCC(=O)NO. The Kier molecular flexibility index (Phi) is 5.36. The quantitative estimate of drug-likeness (QED) is 0.447. The predicted octanol–water partition coefficient (Wildman–Crippen LogP) is 2.00. The molecular formula is C18H24N2O5. The van der Waals surface area contributed by atoms with Crippen molar-refractivity contribution in [2.45, 2.75) is 44.8 Å². The summed E-state index contributed by atoms with van der Waals surface area (Å²) in [7, 11) is 0. The highest BCUT2D eigenvalue weighted by atomic mass is 16.7. The van der Waals surface area contributed by atoms with Crippen molar-refractivity contribution in [1.82, 2.24) is 5.48 Å². The van der Waals surface area contributed by atoms with Crippen LogP contribution < -0.4 is 10.4 Å². The monoisotopic (exact) mass is 348 g/mol. The summed E-state index contributed by atoms with van der Waals surface area (Å²) >= 11 is 0. The zero-order valence-corrected chi connectivity index (χ0v) is 14.4. The molecule has 1 aromatic carbocycles. The molecule has 0 aromatic heterocycles. The molecule has 25 heavy (non-hydrogen) atoms. The number of ether oxygens (including phenoxy) is 2. The molecule has 0 radical (unpaired) electrons. The van der Waals surface area contributed by atoms with Gasteiger partial charge in [-0.1, -0.05) is 24.5 Å². The van der Waals surface area contributed by atoms with E-state index >= 15 is 0 Å². The van der Waals surface area contributed by atoms with E-state index in [0.29, 0.717) is 32.6 Å². The number of hydroxylamine groups is 1. The first-order valence-corrected chi connectivity index (χ1v) is 8.72. The Morgan fingerprint density at radius 1 is 1.24 bits per heavy atom. The van der Waals surface area contributed by atoms with E-state index in [1.54, 1.807) is 10.4 Å². The Labute approximate surface area is 146 Å². The van der Waals surface area contributed by atoms with Crippen molar-refractivity contribution in [3.8, 4) is 0 Å². The molecule has 0 bridgehead atoms. The Bertz CT molecular complexity index is 655. The predicted molar refractivity (Wildman–Crippen MR) is 90.1 cm³/mol. The maximum Gasteiger partial charge on any atom is 0.292 e. The van der Waals surface area contributed by atoms with Crippen molar-refractivity contribution in [1.29, 1.82) is 0 Å². The molecule has 2 N–H and O–H groups in total. The van der Waals surface area contributed by atoms with Crippen LogP contribution in [-0.2, 0) is 24.8 Å². The third-order valence-corrected chi connectivity index (χ3v) is 4.68. The van der Waals surface area contributed by atoms with E-state index in [9.17, 15) is 9.59 Å². The Morgan fingerprint density at radius 2 is 1.96 bits per heavy atom. The van der Waals surface area contributed by atoms with Crippen LogP contribution in [0.1, 0.15) is 43.2 Å². The summed E-state index contributed by atoms with van der Waals surface area (Å²) in [5.74, 6) is -1.78. The molecule has 2 aliphatic heterocycles. The maximum absolute atomic E-state index is 12.9. The van der Waals surface area contributed by atoms with Gasteiger partial charge in [-0.15, -0.1) is 0 Å². The van der Waals surface area contributed by atoms with Crippen LogP contribution in [0.2, 0.25) is 0 Å². The zero-order chi connectivity index (χ0) is 17.9. The van der Waals surface area contributed by atoms with Gasteiger partial charge in [-0.05, 0) is 31.9 Å². The normalized spacial score (nSPS) is 18.0. The summed E-state index contributed by atoms with van der Waals surface area (Å²) < 4.78 is 11.5. The lowest BCUT2D eigenvalue weighted by atomic mass is 10.0. The summed E-state index contributed by atoms with van der Waals surface area (Å²) in [4.78, 5) is 25.7. The largest absolute Gasteiger partial charge is 0.336 e. The van der Waals surface area contributed by atoms with Crippen molar-refractivity contribution in [3.63, 3.8) is 0 Å². The second-order valence-electron chi connectivity index (χ2n) is 6.49. The molecule has 0 atom stereocenters. The van der Waals surface area contributed by atoms with E-state index < -0.39 is 5.79 Å². The number of nitrogens with zero attached hydrogens (tertiary/aromatic N) is 1. The molecule has 3 rings (SSSR count). The van der Waals surface area contributed by atoms with Crippen LogP contribution >= 0.6 is 0 Å². The molecule has 1 saturated heterocycles. The first-order chi connectivity index (χ1) is 12.1. The lowest BCUT2D eigenvalue weighted by Crippen LogP contribution is -2.41. The molecular weight excluding hydrogens is 324 g/mol. The van der Waals surface area contributed by atoms with E-state index in [1.807, 2.05) is 25.1 Å². The zero-order valence-electron chi connectivity index (χ0n) is 14.4. The molecule has 2 heterocycles. The van der Waals surface area contributed by atoms with Crippen LogP contribution in [0.15, 0.2) is 18.2 Å². The molecule has 1 aromatic rings. The number of carbonyl (C=O) groups is 2. The minimum Gasteiger partial charge on any atom is -0.336 e. The third kappa shape index (κ3) is 3.40. The van der Waals surface area contributed by atoms with Crippen molar-refractivity contribution in [2.75, 3.05) is 24.7 Å². The second-order valence-corrected chi connectivity index (χ2v) is 6.49.